The van der Waals surface area contributed by atoms with Crippen LogP contribution in [0.15, 0.2) is 34.3 Å². The Balaban J connectivity index is 1.61. The van der Waals surface area contributed by atoms with E-state index in [1.807, 2.05) is 24.0 Å². The molecule has 2 fully saturated rings. The second-order valence-electron chi connectivity index (χ2n) is 7.69. The molecule has 4 unspecified atom stereocenters. The van der Waals surface area contributed by atoms with Crippen LogP contribution in [0, 0.1) is 17.8 Å². The van der Waals surface area contributed by atoms with E-state index in [4.69, 9.17) is 4.74 Å². The van der Waals surface area contributed by atoms with Crippen LogP contribution < -0.4 is 4.87 Å². The van der Waals surface area contributed by atoms with Crippen LogP contribution in [0.25, 0.3) is 0 Å². The first-order valence-electron chi connectivity index (χ1n) is 9.63. The molecule has 3 heterocycles. The van der Waals surface area contributed by atoms with Crippen molar-refractivity contribution >= 4 is 29.1 Å². The molecule has 0 N–H and O–H groups in total. The molecule has 5 atom stereocenters. The quantitative estimate of drug-likeness (QED) is 0.733. The third kappa shape index (κ3) is 2.78. The molecule has 2 aromatic rings. The van der Waals surface area contributed by atoms with Crippen LogP contribution in [0.4, 0.5) is 0 Å². The van der Waals surface area contributed by atoms with Crippen LogP contribution in [0.1, 0.15) is 42.5 Å². The molecule has 2 saturated carbocycles. The average Bonchev–Trinajstić information content (AvgIpc) is 3.36. The Morgan fingerprint density at radius 2 is 2.22 bits per heavy atom. The first kappa shape index (κ1) is 17.5. The molecule has 142 valence electrons. The van der Waals surface area contributed by atoms with Gasteiger partial charge in [0, 0.05) is 28.4 Å². The van der Waals surface area contributed by atoms with Crippen molar-refractivity contribution in [2.24, 2.45) is 17.8 Å². The van der Waals surface area contributed by atoms with Gasteiger partial charge in [0.05, 0.1) is 11.6 Å². The lowest BCUT2D eigenvalue weighted by Crippen LogP contribution is -2.34. The van der Waals surface area contributed by atoms with E-state index < -0.39 is 0 Å². The van der Waals surface area contributed by atoms with Gasteiger partial charge in [-0.2, -0.15) is 0 Å². The standard InChI is InChI=1S/C20H22N2O3S2/c1-2-25-14(23)10-22-19-18(27-20(22)24)16(13-4-3-7-21-9-13)15-11-5-6-12(8-11)17(15)26-19/h3-4,7,9,11-12,15-17H,2,5-6,8,10H2,1H3/t11?,12?,15?,16-,17?/m1/s1. The zero-order valence-corrected chi connectivity index (χ0v) is 16.8. The Morgan fingerprint density at radius 1 is 1.37 bits per heavy atom. The minimum Gasteiger partial charge on any atom is -0.465 e. The summed E-state index contributed by atoms with van der Waals surface area (Å²) in [6.07, 6.45) is 7.65. The number of carbonyl (C=O) groups excluding carboxylic acids is 1. The van der Waals surface area contributed by atoms with Crippen molar-refractivity contribution in [3.05, 3.63) is 44.6 Å². The first-order valence-corrected chi connectivity index (χ1v) is 11.3. The molecular weight excluding hydrogens is 380 g/mol. The molecule has 0 amide bonds. The highest BCUT2D eigenvalue weighted by Crippen LogP contribution is 2.63. The van der Waals surface area contributed by atoms with E-state index >= 15 is 0 Å². The molecule has 2 aliphatic carbocycles. The molecule has 0 radical (unpaired) electrons. The maximum Gasteiger partial charge on any atom is 0.326 e. The number of carbonyl (C=O) groups is 1. The van der Waals surface area contributed by atoms with Gasteiger partial charge in [0.2, 0.25) is 0 Å². The molecule has 0 saturated heterocycles. The van der Waals surface area contributed by atoms with Crippen LogP contribution >= 0.6 is 23.1 Å². The maximum absolute atomic E-state index is 12.8. The normalized spacial score (nSPS) is 30.8. The lowest BCUT2D eigenvalue weighted by Gasteiger charge is -2.40. The Hall–Kier alpha value is -1.60. The lowest BCUT2D eigenvalue weighted by atomic mass is 9.75. The highest BCUT2D eigenvalue weighted by molar-refractivity contribution is 8.00. The summed E-state index contributed by atoms with van der Waals surface area (Å²) < 4.78 is 6.74. The number of hydrogen-bond acceptors (Lipinski definition) is 6. The summed E-state index contributed by atoms with van der Waals surface area (Å²) in [6, 6.07) is 4.12. The summed E-state index contributed by atoms with van der Waals surface area (Å²) in [7, 11) is 0. The minimum absolute atomic E-state index is 0.0107. The Morgan fingerprint density at radius 3 is 3.00 bits per heavy atom. The smallest absolute Gasteiger partial charge is 0.326 e. The molecule has 7 heteroatoms. The summed E-state index contributed by atoms with van der Waals surface area (Å²) in [5.74, 6) is 1.91. The second-order valence-corrected chi connectivity index (χ2v) is 9.85. The summed E-state index contributed by atoms with van der Waals surface area (Å²) in [5.41, 5.74) is 1.20. The molecule has 0 aromatic carbocycles. The Kier molecular flexibility index (Phi) is 4.39. The van der Waals surface area contributed by atoms with Crippen molar-refractivity contribution in [3.8, 4) is 0 Å². The van der Waals surface area contributed by atoms with Crippen LogP contribution in [0.2, 0.25) is 0 Å². The van der Waals surface area contributed by atoms with E-state index in [0.29, 0.717) is 17.8 Å². The molecule has 0 spiro atoms. The van der Waals surface area contributed by atoms with Gasteiger partial charge in [-0.05, 0) is 55.6 Å². The van der Waals surface area contributed by atoms with Gasteiger partial charge in [-0.1, -0.05) is 17.4 Å². The summed E-state index contributed by atoms with van der Waals surface area (Å²) in [4.78, 5) is 30.2. The van der Waals surface area contributed by atoms with Crippen LogP contribution in [-0.2, 0) is 16.1 Å². The van der Waals surface area contributed by atoms with Crippen molar-refractivity contribution in [3.63, 3.8) is 0 Å². The van der Waals surface area contributed by atoms with Gasteiger partial charge in [-0.3, -0.25) is 19.1 Å². The number of pyridine rings is 1. The first-order chi connectivity index (χ1) is 13.2. The maximum atomic E-state index is 12.8. The molecule has 1 aliphatic heterocycles. The topological polar surface area (TPSA) is 61.2 Å². The van der Waals surface area contributed by atoms with E-state index in [9.17, 15) is 9.59 Å². The highest BCUT2D eigenvalue weighted by atomic mass is 32.2. The number of hydrogen-bond donors (Lipinski definition) is 0. The summed E-state index contributed by atoms with van der Waals surface area (Å²) >= 11 is 3.15. The van der Waals surface area contributed by atoms with Gasteiger partial charge >= 0.3 is 10.8 Å². The Labute approximate surface area is 166 Å². The minimum atomic E-state index is -0.339. The third-order valence-electron chi connectivity index (χ3n) is 6.33. The predicted octanol–water partition coefficient (Wildman–Crippen LogP) is 3.52. The van der Waals surface area contributed by atoms with Gasteiger partial charge < -0.3 is 4.74 Å². The van der Waals surface area contributed by atoms with Crippen LogP contribution in [0.5, 0.6) is 0 Å². The van der Waals surface area contributed by atoms with Crippen LogP contribution in [0.3, 0.4) is 0 Å². The van der Waals surface area contributed by atoms with Crippen molar-refractivity contribution in [2.75, 3.05) is 6.61 Å². The Bertz CT molecular complexity index is 923. The van der Waals surface area contributed by atoms with Gasteiger partial charge in [-0.15, -0.1) is 11.8 Å². The zero-order valence-electron chi connectivity index (χ0n) is 15.2. The van der Waals surface area contributed by atoms with Crippen molar-refractivity contribution < 1.29 is 9.53 Å². The number of thioether (sulfide) groups is 1. The second kappa shape index (κ2) is 6.78. The monoisotopic (exact) mass is 402 g/mol. The number of fused-ring (bicyclic) bond motifs is 6. The van der Waals surface area contributed by atoms with Crippen molar-refractivity contribution in [2.45, 2.75) is 48.9 Å². The number of rotatable bonds is 4. The van der Waals surface area contributed by atoms with E-state index in [2.05, 4.69) is 11.1 Å². The summed E-state index contributed by atoms with van der Waals surface area (Å²) in [6.45, 7) is 2.13. The SMILES string of the molecule is CCOC(=O)Cn1c2c(sc1=O)[C@H](c1cccnc1)C1C3CCC(C3)C1S2. The fourth-order valence-corrected chi connectivity index (χ4v) is 8.51. The largest absolute Gasteiger partial charge is 0.465 e. The van der Waals surface area contributed by atoms with Gasteiger partial charge in [0.1, 0.15) is 6.54 Å². The molecule has 2 bridgehead atoms. The van der Waals surface area contributed by atoms with Crippen molar-refractivity contribution in [1.29, 1.82) is 0 Å². The van der Waals surface area contributed by atoms with Crippen molar-refractivity contribution in [1.82, 2.24) is 9.55 Å². The van der Waals surface area contributed by atoms with E-state index in [0.717, 1.165) is 21.7 Å². The number of nitrogens with zero attached hydrogens (tertiary/aromatic N) is 2. The number of thiazole rings is 1. The third-order valence-corrected chi connectivity index (χ3v) is 9.15. The molecule has 3 aliphatic rings. The molecule has 27 heavy (non-hydrogen) atoms. The van der Waals surface area contributed by atoms with E-state index in [1.165, 1.54) is 36.2 Å². The molecule has 5 rings (SSSR count). The van der Waals surface area contributed by atoms with Gasteiger partial charge in [0.15, 0.2) is 0 Å². The average molecular weight is 403 g/mol. The molecule has 5 nitrogen and oxygen atoms in total. The number of ether oxygens (including phenoxy) is 1. The lowest BCUT2D eigenvalue weighted by molar-refractivity contribution is -0.144. The summed E-state index contributed by atoms with van der Waals surface area (Å²) in [5, 5.41) is 1.52. The zero-order chi connectivity index (χ0) is 18.5. The fraction of sp³-hybridized carbons (Fsp3) is 0.550. The molecule has 2 aromatic heterocycles. The van der Waals surface area contributed by atoms with Crippen LogP contribution in [-0.4, -0.2) is 27.4 Å². The van der Waals surface area contributed by atoms with Gasteiger partial charge in [0.25, 0.3) is 0 Å². The number of aromatic nitrogens is 2. The van der Waals surface area contributed by atoms with E-state index in [1.54, 1.807) is 17.7 Å². The highest BCUT2D eigenvalue weighted by Gasteiger charge is 2.55. The van der Waals surface area contributed by atoms with E-state index in [-0.39, 0.29) is 23.3 Å². The van der Waals surface area contributed by atoms with Gasteiger partial charge in [-0.25, -0.2) is 0 Å². The predicted molar refractivity (Wildman–Crippen MR) is 105 cm³/mol. The fourth-order valence-electron chi connectivity index (χ4n) is 5.36. The number of esters is 1. The molecular formula is C20H22N2O3S2.